The van der Waals surface area contributed by atoms with Crippen LogP contribution in [0.5, 0.6) is 0 Å². The van der Waals surface area contributed by atoms with Gasteiger partial charge in [0.05, 0.1) is 0 Å². The zero-order chi connectivity index (χ0) is 12.7. The first-order valence-corrected chi connectivity index (χ1v) is 6.07. The molecule has 1 aliphatic rings. The predicted molar refractivity (Wildman–Crippen MR) is 66.2 cm³/mol. The number of rotatable bonds is 1. The minimum atomic E-state index is -0.786. The molecule has 0 fully saturated rings. The lowest BCUT2D eigenvalue weighted by Crippen LogP contribution is -1.93. The Labute approximate surface area is 104 Å². The number of benzene rings is 1. The van der Waals surface area contributed by atoms with Crippen LogP contribution in [0.4, 0.5) is 8.78 Å². The molecule has 2 aromatic rings. The van der Waals surface area contributed by atoms with E-state index in [1.54, 1.807) is 0 Å². The second kappa shape index (κ2) is 4.16. The number of aromatic nitrogens is 1. The maximum Gasteiger partial charge on any atom is 0.223 e. The van der Waals surface area contributed by atoms with Gasteiger partial charge in [0.1, 0.15) is 0 Å². The van der Waals surface area contributed by atoms with Crippen molar-refractivity contribution < 1.29 is 8.78 Å². The normalized spacial score (nSPS) is 17.8. The maximum atomic E-state index is 13.6. The number of nitrogens with zero attached hydrogens (tertiary/aromatic N) is 1. The molecule has 1 nitrogen and oxygen atoms in total. The fourth-order valence-corrected chi connectivity index (χ4v) is 2.63. The lowest BCUT2D eigenvalue weighted by molar-refractivity contribution is 0.515. The molecule has 0 saturated carbocycles. The van der Waals surface area contributed by atoms with Gasteiger partial charge in [0.2, 0.25) is 11.9 Å². The van der Waals surface area contributed by atoms with Crippen LogP contribution >= 0.6 is 0 Å². The van der Waals surface area contributed by atoms with Crippen LogP contribution in [0.2, 0.25) is 0 Å². The van der Waals surface area contributed by atoms with E-state index in [1.165, 1.54) is 23.3 Å². The number of hydrogen-bond acceptors (Lipinski definition) is 1. The van der Waals surface area contributed by atoms with Crippen molar-refractivity contribution in [2.75, 3.05) is 0 Å². The first-order valence-electron chi connectivity index (χ1n) is 6.07. The van der Waals surface area contributed by atoms with Crippen molar-refractivity contribution in [1.82, 2.24) is 4.98 Å². The summed E-state index contributed by atoms with van der Waals surface area (Å²) in [6.07, 6.45) is 2.11. The van der Waals surface area contributed by atoms with Gasteiger partial charge >= 0.3 is 0 Å². The minimum absolute atomic E-state index is 0.360. The lowest BCUT2D eigenvalue weighted by atomic mass is 10.0. The SMILES string of the molecule is C[C@H]1Cc2ccc(-c3ccc(F)nc3F)cc2C1. The van der Waals surface area contributed by atoms with Crippen molar-refractivity contribution in [1.29, 1.82) is 0 Å². The fraction of sp³-hybridized carbons (Fsp3) is 0.267. The Hall–Kier alpha value is -1.77. The van der Waals surface area contributed by atoms with E-state index in [0.717, 1.165) is 18.4 Å². The minimum Gasteiger partial charge on any atom is -0.190 e. The smallest absolute Gasteiger partial charge is 0.190 e. The molecule has 0 amide bonds. The van der Waals surface area contributed by atoms with Crippen molar-refractivity contribution >= 4 is 0 Å². The van der Waals surface area contributed by atoms with Gasteiger partial charge in [0, 0.05) is 5.56 Å². The third-order valence-electron chi connectivity index (χ3n) is 3.47. The number of fused-ring (bicyclic) bond motifs is 1. The summed E-state index contributed by atoms with van der Waals surface area (Å²) in [6.45, 7) is 2.21. The number of halogens is 2. The zero-order valence-electron chi connectivity index (χ0n) is 10.1. The van der Waals surface area contributed by atoms with Gasteiger partial charge in [0.15, 0.2) is 0 Å². The molecule has 0 N–H and O–H groups in total. The molecule has 92 valence electrons. The summed E-state index contributed by atoms with van der Waals surface area (Å²) in [5, 5.41) is 0. The van der Waals surface area contributed by atoms with Gasteiger partial charge in [-0.3, -0.25) is 0 Å². The van der Waals surface area contributed by atoms with E-state index in [1.807, 2.05) is 18.2 Å². The van der Waals surface area contributed by atoms with Crippen LogP contribution in [0.15, 0.2) is 30.3 Å². The molecule has 3 rings (SSSR count). The largest absolute Gasteiger partial charge is 0.223 e. The summed E-state index contributed by atoms with van der Waals surface area (Å²) in [5.41, 5.74) is 3.73. The van der Waals surface area contributed by atoms with Gasteiger partial charge in [-0.1, -0.05) is 25.1 Å². The molecule has 0 aliphatic heterocycles. The standard InChI is InChI=1S/C15H13F2N/c1-9-6-10-2-3-11(8-12(10)7-9)13-4-5-14(16)18-15(13)17/h2-5,8-9H,6-7H2,1H3/t9-/m0/s1. The summed E-state index contributed by atoms with van der Waals surface area (Å²) in [6, 6.07) is 8.55. The monoisotopic (exact) mass is 245 g/mol. The molecule has 0 unspecified atom stereocenters. The van der Waals surface area contributed by atoms with Crippen LogP contribution in [-0.2, 0) is 12.8 Å². The topological polar surface area (TPSA) is 12.9 Å². The molecule has 18 heavy (non-hydrogen) atoms. The highest BCUT2D eigenvalue weighted by atomic mass is 19.1. The number of pyridine rings is 1. The first kappa shape index (κ1) is 11.3. The van der Waals surface area contributed by atoms with Crippen LogP contribution < -0.4 is 0 Å². The maximum absolute atomic E-state index is 13.6. The molecule has 1 aliphatic carbocycles. The summed E-state index contributed by atoms with van der Waals surface area (Å²) in [4.78, 5) is 3.23. The van der Waals surface area contributed by atoms with E-state index in [4.69, 9.17) is 0 Å². The molecule has 0 radical (unpaired) electrons. The quantitative estimate of drug-likeness (QED) is 0.697. The van der Waals surface area contributed by atoms with Crippen LogP contribution in [-0.4, -0.2) is 4.98 Å². The van der Waals surface area contributed by atoms with E-state index >= 15 is 0 Å². The van der Waals surface area contributed by atoms with E-state index in [9.17, 15) is 8.78 Å². The Kier molecular flexibility index (Phi) is 2.62. The first-order chi connectivity index (χ1) is 8.63. The molecule has 1 heterocycles. The van der Waals surface area contributed by atoms with Crippen molar-refractivity contribution in [3.63, 3.8) is 0 Å². The second-order valence-corrected chi connectivity index (χ2v) is 4.97. The average molecular weight is 245 g/mol. The zero-order valence-corrected chi connectivity index (χ0v) is 10.1. The second-order valence-electron chi connectivity index (χ2n) is 4.97. The molecule has 1 aromatic heterocycles. The molecule has 0 bridgehead atoms. The molecule has 1 aromatic carbocycles. The van der Waals surface area contributed by atoms with Crippen LogP contribution in [0, 0.1) is 17.8 Å². The highest BCUT2D eigenvalue weighted by Gasteiger charge is 2.18. The van der Waals surface area contributed by atoms with Crippen LogP contribution in [0.25, 0.3) is 11.1 Å². The average Bonchev–Trinajstić information content (AvgIpc) is 2.68. The van der Waals surface area contributed by atoms with E-state index in [0.29, 0.717) is 11.5 Å². The third-order valence-corrected chi connectivity index (χ3v) is 3.47. The predicted octanol–water partition coefficient (Wildman–Crippen LogP) is 3.76. The van der Waals surface area contributed by atoms with Gasteiger partial charge in [0.25, 0.3) is 0 Å². The molecular weight excluding hydrogens is 232 g/mol. The summed E-state index contributed by atoms with van der Waals surface area (Å²) in [7, 11) is 0. The molecular formula is C15H13F2N. The summed E-state index contributed by atoms with van der Waals surface area (Å²) < 4.78 is 26.4. The highest BCUT2D eigenvalue weighted by molar-refractivity contribution is 5.65. The van der Waals surface area contributed by atoms with Crippen molar-refractivity contribution in [3.8, 4) is 11.1 Å². The van der Waals surface area contributed by atoms with E-state index < -0.39 is 11.9 Å². The Morgan fingerprint density at radius 3 is 2.61 bits per heavy atom. The Morgan fingerprint density at radius 1 is 1.06 bits per heavy atom. The molecule has 1 atom stereocenters. The van der Waals surface area contributed by atoms with E-state index in [2.05, 4.69) is 11.9 Å². The van der Waals surface area contributed by atoms with Crippen LogP contribution in [0.3, 0.4) is 0 Å². The van der Waals surface area contributed by atoms with Gasteiger partial charge in [-0.15, -0.1) is 0 Å². The van der Waals surface area contributed by atoms with Crippen molar-refractivity contribution in [2.24, 2.45) is 5.92 Å². The van der Waals surface area contributed by atoms with Gasteiger partial charge in [-0.05, 0) is 47.6 Å². The Bertz CT molecular complexity index is 607. The Balaban J connectivity index is 2.05. The fourth-order valence-electron chi connectivity index (χ4n) is 2.63. The van der Waals surface area contributed by atoms with E-state index in [-0.39, 0.29) is 0 Å². The molecule has 3 heteroatoms. The molecule has 0 saturated heterocycles. The highest BCUT2D eigenvalue weighted by Crippen LogP contribution is 2.31. The van der Waals surface area contributed by atoms with Gasteiger partial charge in [-0.2, -0.15) is 13.8 Å². The number of hydrogen-bond donors (Lipinski definition) is 0. The summed E-state index contributed by atoms with van der Waals surface area (Å²) in [5.74, 6) is -0.890. The van der Waals surface area contributed by atoms with Crippen molar-refractivity contribution in [2.45, 2.75) is 19.8 Å². The third kappa shape index (κ3) is 1.90. The molecule has 0 spiro atoms. The van der Waals surface area contributed by atoms with Crippen molar-refractivity contribution in [3.05, 3.63) is 53.4 Å². The lowest BCUT2D eigenvalue weighted by Gasteiger charge is -2.05. The summed E-state index contributed by atoms with van der Waals surface area (Å²) >= 11 is 0. The van der Waals surface area contributed by atoms with Crippen LogP contribution in [0.1, 0.15) is 18.1 Å². The van der Waals surface area contributed by atoms with Gasteiger partial charge in [-0.25, -0.2) is 0 Å². The van der Waals surface area contributed by atoms with Gasteiger partial charge < -0.3 is 0 Å². The Morgan fingerprint density at radius 2 is 1.83 bits per heavy atom.